The number of carbonyl (C=O) groups excluding carboxylic acids is 2. The molecule has 1 fully saturated rings. The molecule has 1 amide bonds. The molecular weight excluding hydrogens is 374 g/mol. The summed E-state index contributed by atoms with van der Waals surface area (Å²) in [5, 5.41) is -0.231. The number of carbonyl (C=O) groups is 2. The molecule has 1 saturated heterocycles. The van der Waals surface area contributed by atoms with E-state index in [4.69, 9.17) is 9.47 Å². The number of ether oxygens (including phenoxy) is 2. The first-order chi connectivity index (χ1) is 13.6. The second-order valence-electron chi connectivity index (χ2n) is 6.51. The highest BCUT2D eigenvalue weighted by Gasteiger charge is 2.42. The van der Waals surface area contributed by atoms with Crippen LogP contribution in [0.3, 0.4) is 0 Å². The Morgan fingerprint density at radius 3 is 2.54 bits per heavy atom. The Kier molecular flexibility index (Phi) is 6.98. The summed E-state index contributed by atoms with van der Waals surface area (Å²) in [6, 6.07) is 16.7. The Hall–Kier alpha value is -2.47. The minimum atomic E-state index is -0.548. The molecular formula is C22H25NO4S. The van der Waals surface area contributed by atoms with Gasteiger partial charge in [0, 0.05) is 12.2 Å². The molecule has 0 radical (unpaired) electrons. The van der Waals surface area contributed by atoms with Crippen molar-refractivity contribution in [1.82, 2.24) is 4.90 Å². The molecule has 1 aliphatic rings. The lowest BCUT2D eigenvalue weighted by atomic mass is 10.1. The normalized spacial score (nSPS) is 18.7. The lowest BCUT2D eigenvalue weighted by Crippen LogP contribution is -2.43. The Labute approximate surface area is 170 Å². The van der Waals surface area contributed by atoms with Crippen molar-refractivity contribution in [2.24, 2.45) is 0 Å². The Morgan fingerprint density at radius 2 is 1.82 bits per heavy atom. The van der Waals surface area contributed by atoms with Crippen LogP contribution in [0.4, 0.5) is 0 Å². The zero-order valence-electron chi connectivity index (χ0n) is 16.2. The summed E-state index contributed by atoms with van der Waals surface area (Å²) in [5.74, 6) is 1.60. The summed E-state index contributed by atoms with van der Waals surface area (Å²) in [4.78, 5) is 26.8. The fraction of sp³-hybridized carbons (Fsp3) is 0.364. The zero-order chi connectivity index (χ0) is 19.9. The molecule has 3 rings (SSSR count). The van der Waals surface area contributed by atoms with Gasteiger partial charge in [-0.15, -0.1) is 11.8 Å². The third kappa shape index (κ3) is 4.68. The molecule has 5 nitrogen and oxygen atoms in total. The monoisotopic (exact) mass is 399 g/mol. The van der Waals surface area contributed by atoms with Crippen LogP contribution in [-0.4, -0.2) is 35.2 Å². The summed E-state index contributed by atoms with van der Waals surface area (Å²) in [6.45, 7) is 4.14. The van der Waals surface area contributed by atoms with Gasteiger partial charge in [0.2, 0.25) is 5.91 Å². The number of rotatable bonds is 7. The molecule has 0 N–H and O–H groups in total. The summed E-state index contributed by atoms with van der Waals surface area (Å²) in [6.07, 6.45) is 1.10. The standard InChI is InChI=1S/C22H25NO4S/c1-3-13-26-22(25)19-15-28-21(23(19)20(24)4-2)16-9-8-12-18(14-16)27-17-10-6-5-7-11-17/h5-12,14,19,21H,3-4,13,15H2,1-2H3. The SMILES string of the molecule is CCCOC(=O)C1CSC(c2cccc(Oc3ccccc3)c2)N1C(=O)CC. The first kappa shape index (κ1) is 20.3. The van der Waals surface area contributed by atoms with Crippen LogP contribution in [-0.2, 0) is 14.3 Å². The van der Waals surface area contributed by atoms with Gasteiger partial charge < -0.3 is 14.4 Å². The molecule has 148 valence electrons. The molecule has 0 aromatic heterocycles. The highest BCUT2D eigenvalue weighted by Crippen LogP contribution is 2.43. The molecule has 2 atom stereocenters. The molecule has 2 unspecified atom stereocenters. The average Bonchev–Trinajstić information content (AvgIpc) is 3.17. The number of hydrogen-bond donors (Lipinski definition) is 0. The van der Waals surface area contributed by atoms with Crippen LogP contribution >= 0.6 is 11.8 Å². The molecule has 1 heterocycles. The number of nitrogens with zero attached hydrogens (tertiary/aromatic N) is 1. The van der Waals surface area contributed by atoms with Crippen molar-refractivity contribution < 1.29 is 19.1 Å². The highest BCUT2D eigenvalue weighted by atomic mass is 32.2. The largest absolute Gasteiger partial charge is 0.464 e. The number of benzene rings is 2. The Bertz CT molecular complexity index is 811. The average molecular weight is 400 g/mol. The first-order valence-corrected chi connectivity index (χ1v) is 10.6. The van der Waals surface area contributed by atoms with Crippen molar-refractivity contribution in [3.05, 3.63) is 60.2 Å². The summed E-state index contributed by atoms with van der Waals surface area (Å²) in [5.41, 5.74) is 0.936. The minimum absolute atomic E-state index is 0.0529. The topological polar surface area (TPSA) is 55.8 Å². The third-order valence-corrected chi connectivity index (χ3v) is 5.76. The quantitative estimate of drug-likeness (QED) is 0.627. The second kappa shape index (κ2) is 9.64. The van der Waals surface area contributed by atoms with Gasteiger partial charge in [0.05, 0.1) is 6.61 Å². The predicted molar refractivity (Wildman–Crippen MR) is 110 cm³/mol. The van der Waals surface area contributed by atoms with Crippen LogP contribution in [0.25, 0.3) is 0 Å². The van der Waals surface area contributed by atoms with E-state index in [1.807, 2.05) is 68.4 Å². The van der Waals surface area contributed by atoms with Gasteiger partial charge in [0.1, 0.15) is 22.9 Å². The van der Waals surface area contributed by atoms with E-state index in [0.717, 1.165) is 17.7 Å². The van der Waals surface area contributed by atoms with Crippen molar-refractivity contribution in [2.45, 2.75) is 38.1 Å². The molecule has 0 spiro atoms. The number of amides is 1. The molecule has 2 aromatic rings. The van der Waals surface area contributed by atoms with E-state index < -0.39 is 6.04 Å². The van der Waals surface area contributed by atoms with Crippen LogP contribution < -0.4 is 4.74 Å². The van der Waals surface area contributed by atoms with E-state index in [9.17, 15) is 9.59 Å². The fourth-order valence-corrected chi connectivity index (χ4v) is 4.51. The predicted octanol–water partition coefficient (Wildman–Crippen LogP) is 4.78. The maximum Gasteiger partial charge on any atom is 0.329 e. The van der Waals surface area contributed by atoms with E-state index in [0.29, 0.717) is 24.5 Å². The number of thioether (sulfide) groups is 1. The molecule has 0 bridgehead atoms. The molecule has 6 heteroatoms. The van der Waals surface area contributed by atoms with E-state index in [-0.39, 0.29) is 17.3 Å². The first-order valence-electron chi connectivity index (χ1n) is 9.56. The van der Waals surface area contributed by atoms with Crippen molar-refractivity contribution >= 4 is 23.6 Å². The Morgan fingerprint density at radius 1 is 1.07 bits per heavy atom. The molecule has 28 heavy (non-hydrogen) atoms. The molecule has 0 saturated carbocycles. The van der Waals surface area contributed by atoms with Crippen molar-refractivity contribution in [3.63, 3.8) is 0 Å². The third-order valence-electron chi connectivity index (χ3n) is 4.43. The highest BCUT2D eigenvalue weighted by molar-refractivity contribution is 7.99. The smallest absolute Gasteiger partial charge is 0.329 e. The number of esters is 1. The summed E-state index contributed by atoms with van der Waals surface area (Å²) in [7, 11) is 0. The summed E-state index contributed by atoms with van der Waals surface area (Å²) < 4.78 is 11.2. The number of hydrogen-bond acceptors (Lipinski definition) is 5. The van der Waals surface area contributed by atoms with Crippen LogP contribution in [0.15, 0.2) is 54.6 Å². The minimum Gasteiger partial charge on any atom is -0.464 e. The van der Waals surface area contributed by atoms with Crippen molar-refractivity contribution in [2.75, 3.05) is 12.4 Å². The van der Waals surface area contributed by atoms with E-state index in [1.165, 1.54) is 0 Å². The summed E-state index contributed by atoms with van der Waals surface area (Å²) >= 11 is 1.58. The zero-order valence-corrected chi connectivity index (χ0v) is 17.0. The van der Waals surface area contributed by atoms with Crippen molar-refractivity contribution in [1.29, 1.82) is 0 Å². The van der Waals surface area contributed by atoms with Crippen LogP contribution in [0, 0.1) is 0 Å². The van der Waals surface area contributed by atoms with Gasteiger partial charge >= 0.3 is 5.97 Å². The van der Waals surface area contributed by atoms with Gasteiger partial charge in [-0.1, -0.05) is 44.2 Å². The van der Waals surface area contributed by atoms with Gasteiger partial charge in [-0.3, -0.25) is 4.79 Å². The van der Waals surface area contributed by atoms with Gasteiger partial charge in [0.15, 0.2) is 0 Å². The Balaban J connectivity index is 1.82. The maximum atomic E-state index is 12.6. The molecule has 0 aliphatic carbocycles. The molecule has 2 aromatic carbocycles. The van der Waals surface area contributed by atoms with Gasteiger partial charge in [-0.25, -0.2) is 4.79 Å². The maximum absolute atomic E-state index is 12.6. The van der Waals surface area contributed by atoms with Gasteiger partial charge in [-0.05, 0) is 36.2 Å². The number of para-hydroxylation sites is 1. The van der Waals surface area contributed by atoms with Crippen LogP contribution in [0.2, 0.25) is 0 Å². The van der Waals surface area contributed by atoms with E-state index in [1.54, 1.807) is 16.7 Å². The lowest BCUT2D eigenvalue weighted by Gasteiger charge is -2.28. The van der Waals surface area contributed by atoms with Gasteiger partial charge in [0.25, 0.3) is 0 Å². The van der Waals surface area contributed by atoms with Gasteiger partial charge in [-0.2, -0.15) is 0 Å². The lowest BCUT2D eigenvalue weighted by molar-refractivity contribution is -0.154. The fourth-order valence-electron chi connectivity index (χ4n) is 3.09. The van der Waals surface area contributed by atoms with Crippen LogP contribution in [0.5, 0.6) is 11.5 Å². The van der Waals surface area contributed by atoms with Crippen molar-refractivity contribution in [3.8, 4) is 11.5 Å². The molecule has 1 aliphatic heterocycles. The van der Waals surface area contributed by atoms with Crippen LogP contribution in [0.1, 0.15) is 37.6 Å². The van der Waals surface area contributed by atoms with E-state index >= 15 is 0 Å². The van der Waals surface area contributed by atoms with E-state index in [2.05, 4.69) is 0 Å². The second-order valence-corrected chi connectivity index (χ2v) is 7.62.